The molecule has 0 spiro atoms. The summed E-state index contributed by atoms with van der Waals surface area (Å²) in [4.78, 5) is 28.8. The zero-order chi connectivity index (χ0) is 17.6. The van der Waals surface area contributed by atoms with Crippen molar-refractivity contribution in [3.63, 3.8) is 0 Å². The Morgan fingerprint density at radius 3 is 2.92 bits per heavy atom. The summed E-state index contributed by atoms with van der Waals surface area (Å²) in [6.07, 6.45) is 2.47. The molecule has 1 aromatic carbocycles. The maximum atomic E-state index is 12.3. The van der Waals surface area contributed by atoms with Gasteiger partial charge < -0.3 is 14.3 Å². The average molecular weight is 357 g/mol. The quantitative estimate of drug-likeness (QED) is 0.658. The number of fused-ring (bicyclic) bond motifs is 1. The van der Waals surface area contributed by atoms with Crippen LogP contribution in [-0.4, -0.2) is 27.8 Å². The largest absolute Gasteiger partial charge is 0.468 e. The molecular formula is C18H19N3O3S. The number of thioether (sulfide) groups is 1. The molecule has 25 heavy (non-hydrogen) atoms. The van der Waals surface area contributed by atoms with E-state index in [-0.39, 0.29) is 11.3 Å². The molecule has 0 aliphatic heterocycles. The predicted molar refractivity (Wildman–Crippen MR) is 98.8 cm³/mol. The number of furan rings is 1. The Kier molecular flexibility index (Phi) is 5.55. The lowest BCUT2D eigenvalue weighted by Crippen LogP contribution is -2.34. The number of aryl methyl sites for hydroxylation is 1. The third kappa shape index (κ3) is 4.11. The third-order valence-electron chi connectivity index (χ3n) is 3.77. The van der Waals surface area contributed by atoms with Gasteiger partial charge in [0, 0.05) is 13.6 Å². The minimum Gasteiger partial charge on any atom is -0.468 e. The first-order valence-corrected chi connectivity index (χ1v) is 9.16. The monoisotopic (exact) mass is 357 g/mol. The molecule has 0 bridgehead atoms. The number of rotatable bonds is 7. The lowest BCUT2D eigenvalue weighted by Gasteiger charge is -2.08. The highest BCUT2D eigenvalue weighted by molar-refractivity contribution is 7.98. The van der Waals surface area contributed by atoms with Crippen LogP contribution in [0.15, 0.2) is 51.9 Å². The van der Waals surface area contributed by atoms with Gasteiger partial charge in [0.1, 0.15) is 5.76 Å². The maximum absolute atomic E-state index is 12.3. The van der Waals surface area contributed by atoms with Crippen molar-refractivity contribution >= 4 is 28.7 Å². The molecule has 0 saturated carbocycles. The summed E-state index contributed by atoms with van der Waals surface area (Å²) in [6.45, 7) is 0.502. The lowest BCUT2D eigenvalue weighted by atomic mass is 10.2. The van der Waals surface area contributed by atoms with Crippen LogP contribution in [0.3, 0.4) is 0 Å². The van der Waals surface area contributed by atoms with Crippen molar-refractivity contribution in [1.29, 1.82) is 0 Å². The minimum absolute atomic E-state index is 0.0653. The highest BCUT2D eigenvalue weighted by Gasteiger charge is 2.15. The Morgan fingerprint density at radius 2 is 2.12 bits per heavy atom. The van der Waals surface area contributed by atoms with E-state index in [1.165, 1.54) is 4.57 Å². The van der Waals surface area contributed by atoms with E-state index in [9.17, 15) is 9.59 Å². The normalized spacial score (nSPS) is 10.9. The molecule has 6 nitrogen and oxygen atoms in total. The first-order valence-electron chi connectivity index (χ1n) is 8.01. The molecule has 3 rings (SSSR count). The van der Waals surface area contributed by atoms with E-state index in [1.54, 1.807) is 31.1 Å². The van der Waals surface area contributed by atoms with E-state index in [0.29, 0.717) is 17.6 Å². The summed E-state index contributed by atoms with van der Waals surface area (Å²) in [5.41, 5.74) is 0.884. The molecule has 0 saturated heterocycles. The third-order valence-corrected chi connectivity index (χ3v) is 4.84. The van der Waals surface area contributed by atoms with E-state index in [4.69, 9.17) is 4.42 Å². The molecule has 0 aliphatic rings. The van der Waals surface area contributed by atoms with Crippen LogP contribution in [0.5, 0.6) is 0 Å². The van der Waals surface area contributed by atoms with Gasteiger partial charge in [-0.25, -0.2) is 4.98 Å². The molecule has 130 valence electrons. The molecule has 7 heteroatoms. The zero-order valence-corrected chi connectivity index (χ0v) is 14.7. The molecule has 2 heterocycles. The summed E-state index contributed by atoms with van der Waals surface area (Å²) in [5.74, 6) is 2.22. The molecular weight excluding hydrogens is 338 g/mol. The smallest absolute Gasteiger partial charge is 0.282 e. The van der Waals surface area contributed by atoms with Gasteiger partial charge in [0.2, 0.25) is 0 Å². The van der Waals surface area contributed by atoms with Crippen LogP contribution in [0.1, 0.15) is 22.7 Å². The Hall–Kier alpha value is -2.54. The van der Waals surface area contributed by atoms with E-state index < -0.39 is 5.91 Å². The van der Waals surface area contributed by atoms with Crippen LogP contribution in [0.2, 0.25) is 0 Å². The van der Waals surface area contributed by atoms with Crippen LogP contribution in [-0.2, 0) is 12.8 Å². The van der Waals surface area contributed by atoms with Crippen LogP contribution in [0.4, 0.5) is 0 Å². The fourth-order valence-electron chi connectivity index (χ4n) is 2.45. The lowest BCUT2D eigenvalue weighted by molar-refractivity contribution is 0.0947. The van der Waals surface area contributed by atoms with Crippen molar-refractivity contribution in [3.05, 3.63) is 64.5 Å². The second-order valence-corrected chi connectivity index (χ2v) is 6.66. The molecule has 0 radical (unpaired) electrons. The molecule has 0 atom stereocenters. The molecule has 1 amide bonds. The van der Waals surface area contributed by atoms with Gasteiger partial charge in [-0.1, -0.05) is 12.1 Å². The number of amides is 1. The number of nitrogens with one attached hydrogen (secondary N) is 1. The summed E-state index contributed by atoms with van der Waals surface area (Å²) < 4.78 is 6.71. The average Bonchev–Trinajstić information content (AvgIpc) is 3.14. The van der Waals surface area contributed by atoms with E-state index in [2.05, 4.69) is 10.3 Å². The summed E-state index contributed by atoms with van der Waals surface area (Å²) >= 11 is 1.74. The fraction of sp³-hybridized carbons (Fsp3) is 0.278. The Morgan fingerprint density at radius 1 is 1.28 bits per heavy atom. The van der Waals surface area contributed by atoms with Crippen molar-refractivity contribution in [2.75, 3.05) is 12.3 Å². The van der Waals surface area contributed by atoms with Crippen molar-refractivity contribution in [3.8, 4) is 0 Å². The molecule has 1 N–H and O–H groups in total. The Bertz CT molecular complexity index is 919. The SMILES string of the molecule is Cn1c(=O)c(C(=O)NCCCSCc2ccco2)nc2ccccc21. The topological polar surface area (TPSA) is 77.1 Å². The predicted octanol–water partition coefficient (Wildman–Crippen LogP) is 2.58. The van der Waals surface area contributed by atoms with Crippen molar-refractivity contribution in [2.45, 2.75) is 12.2 Å². The van der Waals surface area contributed by atoms with E-state index >= 15 is 0 Å². The second-order valence-electron chi connectivity index (χ2n) is 5.55. The number of carbonyl (C=O) groups is 1. The molecule has 0 fully saturated rings. The molecule has 0 unspecified atom stereocenters. The highest BCUT2D eigenvalue weighted by atomic mass is 32.2. The van der Waals surface area contributed by atoms with Gasteiger partial charge in [-0.3, -0.25) is 9.59 Å². The first-order chi connectivity index (χ1) is 12.2. The molecule has 3 aromatic rings. The number of benzene rings is 1. The van der Waals surface area contributed by atoms with E-state index in [1.807, 2.05) is 30.3 Å². The summed E-state index contributed by atoms with van der Waals surface area (Å²) in [6, 6.07) is 11.1. The van der Waals surface area contributed by atoms with Crippen molar-refractivity contribution < 1.29 is 9.21 Å². The van der Waals surface area contributed by atoms with Gasteiger partial charge in [-0.2, -0.15) is 11.8 Å². The van der Waals surface area contributed by atoms with Crippen LogP contribution < -0.4 is 10.9 Å². The fourth-order valence-corrected chi connectivity index (χ4v) is 3.31. The van der Waals surface area contributed by atoms with Gasteiger partial charge in [0.15, 0.2) is 5.69 Å². The maximum Gasteiger partial charge on any atom is 0.282 e. The summed E-state index contributed by atoms with van der Waals surface area (Å²) in [5, 5.41) is 2.77. The number of nitrogens with zero attached hydrogens (tertiary/aromatic N) is 2. The number of para-hydroxylation sites is 2. The van der Waals surface area contributed by atoms with E-state index in [0.717, 1.165) is 23.7 Å². The van der Waals surface area contributed by atoms with Crippen LogP contribution in [0.25, 0.3) is 11.0 Å². The summed E-state index contributed by atoms with van der Waals surface area (Å²) in [7, 11) is 1.65. The van der Waals surface area contributed by atoms with Crippen molar-refractivity contribution in [1.82, 2.24) is 14.9 Å². The first kappa shape index (κ1) is 17.3. The Balaban J connectivity index is 1.54. The number of hydrogen-bond donors (Lipinski definition) is 1. The standard InChI is InChI=1S/C18H19N3O3S/c1-21-15-8-3-2-7-14(15)20-16(18(21)23)17(22)19-9-5-11-25-12-13-6-4-10-24-13/h2-4,6-8,10H,5,9,11-12H2,1H3,(H,19,22). The number of carbonyl (C=O) groups excluding carboxylic acids is 1. The Labute approximate surface area is 149 Å². The van der Waals surface area contributed by atoms with Gasteiger partial charge in [0.05, 0.1) is 23.0 Å². The van der Waals surface area contributed by atoms with Gasteiger partial charge in [-0.05, 0) is 36.4 Å². The zero-order valence-electron chi connectivity index (χ0n) is 13.9. The van der Waals surface area contributed by atoms with Crippen LogP contribution >= 0.6 is 11.8 Å². The van der Waals surface area contributed by atoms with Gasteiger partial charge >= 0.3 is 0 Å². The van der Waals surface area contributed by atoms with Gasteiger partial charge in [-0.15, -0.1) is 0 Å². The highest BCUT2D eigenvalue weighted by Crippen LogP contribution is 2.13. The van der Waals surface area contributed by atoms with Crippen LogP contribution in [0, 0.1) is 0 Å². The second kappa shape index (κ2) is 8.02. The molecule has 0 aliphatic carbocycles. The van der Waals surface area contributed by atoms with Crippen molar-refractivity contribution in [2.24, 2.45) is 7.05 Å². The van der Waals surface area contributed by atoms with Gasteiger partial charge in [0.25, 0.3) is 11.5 Å². The minimum atomic E-state index is -0.428. The number of hydrogen-bond acceptors (Lipinski definition) is 5. The number of aromatic nitrogens is 2. The molecule has 2 aromatic heterocycles.